The van der Waals surface area contributed by atoms with Crippen LogP contribution in [0.15, 0.2) is 24.3 Å². The van der Waals surface area contributed by atoms with Crippen LogP contribution < -0.4 is 0 Å². The molecule has 2 atom stereocenters. The highest BCUT2D eigenvalue weighted by molar-refractivity contribution is 6.30. The Labute approximate surface area is 176 Å². The first-order valence-corrected chi connectivity index (χ1v) is 10.9. The average molecular weight is 420 g/mol. The molecule has 1 aromatic heterocycles. The molecule has 1 aliphatic heterocycles. The summed E-state index contributed by atoms with van der Waals surface area (Å²) >= 11 is 6.01. The van der Waals surface area contributed by atoms with Crippen molar-refractivity contribution in [2.45, 2.75) is 76.4 Å². The van der Waals surface area contributed by atoms with Crippen LogP contribution in [0.1, 0.15) is 62.8 Å². The van der Waals surface area contributed by atoms with Gasteiger partial charge in [0.05, 0.1) is 6.10 Å². The Balaban J connectivity index is 1.33. The van der Waals surface area contributed by atoms with E-state index in [0.29, 0.717) is 24.3 Å². The van der Waals surface area contributed by atoms with Gasteiger partial charge in [-0.1, -0.05) is 41.8 Å². The Morgan fingerprint density at radius 3 is 2.93 bits per heavy atom. The summed E-state index contributed by atoms with van der Waals surface area (Å²) in [5.74, 6) is 1.02. The lowest BCUT2D eigenvalue weighted by Crippen LogP contribution is -2.34. The topological polar surface area (TPSA) is 95.0 Å². The number of aliphatic hydroxyl groups is 1. The first-order valence-electron chi connectivity index (χ1n) is 10.6. The van der Waals surface area contributed by atoms with Gasteiger partial charge in [0.25, 0.3) is 0 Å². The van der Waals surface area contributed by atoms with Crippen LogP contribution in [0.5, 0.6) is 0 Å². The van der Waals surface area contributed by atoms with Crippen LogP contribution in [-0.2, 0) is 17.6 Å². The predicted molar refractivity (Wildman–Crippen MR) is 111 cm³/mol. The first kappa shape index (κ1) is 21.7. The fourth-order valence-corrected chi connectivity index (χ4v) is 4.24. The summed E-state index contributed by atoms with van der Waals surface area (Å²) in [6.45, 7) is 0.816. The lowest BCUT2D eigenvalue weighted by atomic mass is 10.0. The van der Waals surface area contributed by atoms with E-state index in [9.17, 15) is 9.90 Å². The van der Waals surface area contributed by atoms with Crippen LogP contribution in [0.25, 0.3) is 0 Å². The van der Waals surface area contributed by atoms with Gasteiger partial charge in [-0.2, -0.15) is 5.21 Å². The molecule has 1 amide bonds. The van der Waals surface area contributed by atoms with E-state index in [1.807, 2.05) is 29.2 Å². The van der Waals surface area contributed by atoms with E-state index in [2.05, 4.69) is 20.6 Å². The SMILES string of the molecule is O=C1CC[C@H](CC[C@H](O)Cc2cccc(Cl)c2)N1CCCCCCc1nn[nH]n1. The molecule has 29 heavy (non-hydrogen) atoms. The minimum Gasteiger partial charge on any atom is -0.393 e. The monoisotopic (exact) mass is 419 g/mol. The highest BCUT2D eigenvalue weighted by Gasteiger charge is 2.30. The number of H-pyrrole nitrogens is 1. The number of rotatable bonds is 12. The number of unbranched alkanes of at least 4 members (excludes halogenated alkanes) is 3. The van der Waals surface area contributed by atoms with E-state index < -0.39 is 6.10 Å². The number of hydrogen-bond donors (Lipinski definition) is 2. The summed E-state index contributed by atoms with van der Waals surface area (Å²) in [6.07, 6.45) is 8.35. The third kappa shape index (κ3) is 7.08. The molecule has 1 fully saturated rings. The molecule has 1 saturated heterocycles. The Morgan fingerprint density at radius 2 is 2.14 bits per heavy atom. The van der Waals surface area contributed by atoms with Gasteiger partial charge in [0, 0.05) is 30.5 Å². The van der Waals surface area contributed by atoms with Crippen molar-refractivity contribution in [3.63, 3.8) is 0 Å². The Hall–Kier alpha value is -1.99. The number of nitrogens with one attached hydrogen (secondary N) is 1. The summed E-state index contributed by atoms with van der Waals surface area (Å²) < 4.78 is 0. The zero-order valence-electron chi connectivity index (χ0n) is 16.8. The number of amides is 1. The number of hydrogen-bond acceptors (Lipinski definition) is 5. The molecule has 1 aromatic carbocycles. The summed E-state index contributed by atoms with van der Waals surface area (Å²) in [7, 11) is 0. The molecule has 3 rings (SSSR count). The number of aryl methyl sites for hydroxylation is 1. The van der Waals surface area contributed by atoms with Gasteiger partial charge in [0.15, 0.2) is 5.82 Å². The largest absolute Gasteiger partial charge is 0.393 e. The van der Waals surface area contributed by atoms with E-state index in [4.69, 9.17) is 11.6 Å². The van der Waals surface area contributed by atoms with Crippen molar-refractivity contribution in [2.24, 2.45) is 0 Å². The maximum atomic E-state index is 12.3. The van der Waals surface area contributed by atoms with Crippen molar-refractivity contribution in [3.05, 3.63) is 40.7 Å². The normalized spacial score (nSPS) is 17.8. The predicted octanol–water partition coefficient (Wildman–Crippen LogP) is 3.33. The van der Waals surface area contributed by atoms with Crippen LogP contribution in [0.3, 0.4) is 0 Å². The van der Waals surface area contributed by atoms with Crippen LogP contribution >= 0.6 is 11.6 Å². The molecule has 0 spiro atoms. The number of aromatic nitrogens is 4. The highest BCUT2D eigenvalue weighted by atomic mass is 35.5. The number of benzene rings is 1. The number of tetrazole rings is 1. The molecule has 8 heteroatoms. The van der Waals surface area contributed by atoms with Gasteiger partial charge >= 0.3 is 0 Å². The molecule has 1 aliphatic rings. The number of likely N-dealkylation sites (tertiary alicyclic amines) is 1. The number of aromatic amines is 1. The minimum atomic E-state index is -0.406. The van der Waals surface area contributed by atoms with E-state index in [1.165, 1.54) is 0 Å². The van der Waals surface area contributed by atoms with E-state index >= 15 is 0 Å². The van der Waals surface area contributed by atoms with E-state index in [0.717, 1.165) is 62.9 Å². The zero-order valence-corrected chi connectivity index (χ0v) is 17.5. The molecule has 2 heterocycles. The van der Waals surface area contributed by atoms with E-state index in [-0.39, 0.29) is 11.9 Å². The standard InChI is InChI=1S/C21H30ClN5O2/c22-17-7-5-6-16(14-17)15-19(28)11-9-18-10-12-21(29)27(18)13-4-2-1-3-8-20-23-25-26-24-20/h5-7,14,18-19,28H,1-4,8-13,15H2,(H,23,24,25,26)/t18-,19-/m0/s1. The van der Waals surface area contributed by atoms with Gasteiger partial charge in [-0.3, -0.25) is 4.79 Å². The van der Waals surface area contributed by atoms with Gasteiger partial charge in [0.2, 0.25) is 5.91 Å². The number of nitrogens with zero attached hydrogens (tertiary/aromatic N) is 4. The van der Waals surface area contributed by atoms with Crippen molar-refractivity contribution < 1.29 is 9.90 Å². The number of halogens is 1. The fourth-order valence-electron chi connectivity index (χ4n) is 4.03. The summed E-state index contributed by atoms with van der Waals surface area (Å²) in [5, 5.41) is 25.0. The Morgan fingerprint density at radius 1 is 1.28 bits per heavy atom. The molecular weight excluding hydrogens is 390 g/mol. The Kier molecular flexibility index (Phi) is 8.43. The third-order valence-corrected chi connectivity index (χ3v) is 5.82. The van der Waals surface area contributed by atoms with Crippen molar-refractivity contribution in [2.75, 3.05) is 6.54 Å². The molecule has 0 aliphatic carbocycles. The maximum absolute atomic E-state index is 12.3. The highest BCUT2D eigenvalue weighted by Crippen LogP contribution is 2.25. The second-order valence-electron chi connectivity index (χ2n) is 7.84. The molecule has 2 N–H and O–H groups in total. The summed E-state index contributed by atoms with van der Waals surface area (Å²) in [6, 6.07) is 7.89. The van der Waals surface area contributed by atoms with Gasteiger partial charge in [-0.25, -0.2) is 0 Å². The summed E-state index contributed by atoms with van der Waals surface area (Å²) in [4.78, 5) is 14.3. The second-order valence-corrected chi connectivity index (χ2v) is 8.27. The van der Waals surface area contributed by atoms with E-state index in [1.54, 1.807) is 0 Å². The van der Waals surface area contributed by atoms with Crippen LogP contribution in [0, 0.1) is 0 Å². The second kappa shape index (κ2) is 11.3. The first-order chi connectivity index (χ1) is 14.1. The van der Waals surface area contributed by atoms with Crippen molar-refractivity contribution in [1.29, 1.82) is 0 Å². The van der Waals surface area contributed by atoms with Crippen LogP contribution in [-0.4, -0.2) is 55.2 Å². The van der Waals surface area contributed by atoms with Gasteiger partial charge in [-0.05, 0) is 56.2 Å². The smallest absolute Gasteiger partial charge is 0.222 e. The summed E-state index contributed by atoms with van der Waals surface area (Å²) in [5.41, 5.74) is 1.05. The minimum absolute atomic E-state index is 0.256. The number of carbonyl (C=O) groups excluding carboxylic acids is 1. The van der Waals surface area contributed by atoms with Crippen molar-refractivity contribution in [3.8, 4) is 0 Å². The average Bonchev–Trinajstić information content (AvgIpc) is 3.33. The van der Waals surface area contributed by atoms with Crippen molar-refractivity contribution in [1.82, 2.24) is 25.5 Å². The van der Waals surface area contributed by atoms with Gasteiger partial charge in [-0.15, -0.1) is 10.2 Å². The van der Waals surface area contributed by atoms with Gasteiger partial charge < -0.3 is 10.0 Å². The quantitative estimate of drug-likeness (QED) is 0.514. The number of carbonyl (C=O) groups is 1. The fraction of sp³-hybridized carbons (Fsp3) is 0.619. The lowest BCUT2D eigenvalue weighted by molar-refractivity contribution is -0.129. The van der Waals surface area contributed by atoms with Gasteiger partial charge in [0.1, 0.15) is 0 Å². The number of aliphatic hydroxyl groups excluding tert-OH is 1. The molecule has 158 valence electrons. The van der Waals surface area contributed by atoms with Crippen molar-refractivity contribution >= 4 is 17.5 Å². The van der Waals surface area contributed by atoms with Crippen LogP contribution in [0.4, 0.5) is 0 Å². The lowest BCUT2D eigenvalue weighted by Gasteiger charge is -2.26. The molecular formula is C21H30ClN5O2. The third-order valence-electron chi connectivity index (χ3n) is 5.58. The molecule has 7 nitrogen and oxygen atoms in total. The Bertz CT molecular complexity index is 755. The van der Waals surface area contributed by atoms with Crippen LogP contribution in [0.2, 0.25) is 5.02 Å². The molecule has 0 radical (unpaired) electrons. The molecule has 0 bridgehead atoms. The molecule has 2 aromatic rings. The molecule has 0 saturated carbocycles. The zero-order chi connectivity index (χ0) is 20.5. The molecule has 0 unspecified atom stereocenters. The maximum Gasteiger partial charge on any atom is 0.222 e.